The lowest BCUT2D eigenvalue weighted by Crippen LogP contribution is -2.47. The van der Waals surface area contributed by atoms with Crippen molar-refractivity contribution >= 4 is 17.9 Å². The van der Waals surface area contributed by atoms with Gasteiger partial charge in [0, 0.05) is 38.4 Å². The topological polar surface area (TPSA) is 42.4 Å². The Kier molecular flexibility index (Phi) is 5.22. The molecule has 0 amide bonds. The number of allylic oxidation sites excluding steroid dienone is 1. The molecule has 4 rings (SSSR count). The predicted molar refractivity (Wildman–Crippen MR) is 109 cm³/mol. The lowest BCUT2D eigenvalue weighted by atomic mass is 10.2. The molecule has 2 aromatic heterocycles. The van der Waals surface area contributed by atoms with Crippen LogP contribution < -0.4 is 4.90 Å². The molecule has 1 saturated heterocycles. The smallest absolute Gasteiger partial charge is 0.199 e. The number of benzene rings is 1. The molecule has 1 aromatic carbocycles. The zero-order valence-electron chi connectivity index (χ0n) is 15.2. The van der Waals surface area contributed by atoms with Gasteiger partial charge in [-0.15, -0.1) is 11.7 Å². The first-order valence-corrected chi connectivity index (χ1v) is 9.52. The second-order valence-corrected chi connectivity index (χ2v) is 6.93. The van der Waals surface area contributed by atoms with Crippen molar-refractivity contribution in [1.29, 1.82) is 0 Å². The summed E-state index contributed by atoms with van der Waals surface area (Å²) >= 11 is 5.66. The monoisotopic (exact) mass is 381 g/mol. The normalized spacial score (nSPS) is 15.2. The fourth-order valence-corrected chi connectivity index (χ4v) is 3.65. The number of piperazine rings is 1. The summed E-state index contributed by atoms with van der Waals surface area (Å²) in [4.78, 5) is 4.80. The lowest BCUT2D eigenvalue weighted by molar-refractivity contribution is 0.194. The maximum absolute atomic E-state index is 5.66. The van der Waals surface area contributed by atoms with Gasteiger partial charge in [0.1, 0.15) is 0 Å². The quantitative estimate of drug-likeness (QED) is 0.482. The van der Waals surface area contributed by atoms with Crippen molar-refractivity contribution in [3.8, 4) is 11.6 Å². The van der Waals surface area contributed by atoms with E-state index in [1.807, 2.05) is 27.5 Å². The third-order valence-electron chi connectivity index (χ3n) is 4.80. The fraction of sp³-hybridized carbons (Fsp3) is 0.300. The molecule has 0 bridgehead atoms. The average molecular weight is 382 g/mol. The van der Waals surface area contributed by atoms with E-state index >= 15 is 0 Å². The molecule has 0 N–H and O–H groups in total. The van der Waals surface area contributed by atoms with Crippen molar-refractivity contribution in [2.24, 2.45) is 0 Å². The first-order chi connectivity index (χ1) is 13.3. The van der Waals surface area contributed by atoms with E-state index in [9.17, 15) is 0 Å². The van der Waals surface area contributed by atoms with Gasteiger partial charge in [0.15, 0.2) is 16.4 Å². The number of aromatic nitrogens is 3. The summed E-state index contributed by atoms with van der Waals surface area (Å²) in [6.45, 7) is 9.06. The van der Waals surface area contributed by atoms with Gasteiger partial charge in [-0.05, 0) is 36.5 Å². The van der Waals surface area contributed by atoms with Gasteiger partial charge in [0.2, 0.25) is 0 Å². The minimum absolute atomic E-state index is 0.608. The Hall–Kier alpha value is -2.64. The van der Waals surface area contributed by atoms with Crippen LogP contribution in [0.25, 0.3) is 11.6 Å². The van der Waals surface area contributed by atoms with Crippen LogP contribution in [-0.4, -0.2) is 45.4 Å². The molecule has 140 valence electrons. The number of nitrogens with zero attached hydrogens (tertiary/aromatic N) is 5. The van der Waals surface area contributed by atoms with Crippen LogP contribution in [0.5, 0.6) is 0 Å². The highest BCUT2D eigenvalue weighted by atomic mass is 32.1. The molecular formula is C20H23N5OS. The van der Waals surface area contributed by atoms with Gasteiger partial charge in [0.25, 0.3) is 0 Å². The summed E-state index contributed by atoms with van der Waals surface area (Å²) in [5, 5.41) is 4.72. The molecule has 3 aromatic rings. The van der Waals surface area contributed by atoms with Crippen molar-refractivity contribution in [3.05, 3.63) is 66.2 Å². The Morgan fingerprint density at radius 3 is 2.52 bits per heavy atom. The van der Waals surface area contributed by atoms with E-state index in [2.05, 4.69) is 46.7 Å². The molecule has 0 aliphatic carbocycles. The van der Waals surface area contributed by atoms with E-state index < -0.39 is 0 Å². The van der Waals surface area contributed by atoms with Gasteiger partial charge in [0.05, 0.1) is 12.9 Å². The van der Waals surface area contributed by atoms with Crippen LogP contribution in [0, 0.1) is 4.77 Å². The Bertz CT molecular complexity index is 937. The highest BCUT2D eigenvalue weighted by Gasteiger charge is 2.20. The summed E-state index contributed by atoms with van der Waals surface area (Å²) in [5.41, 5.74) is 1.28. The minimum atomic E-state index is 0.608. The SMILES string of the molecule is C=CCn1c(-c2ccco2)nn(CN2CCN(c3ccccc3)CC2)c1=S. The van der Waals surface area contributed by atoms with Gasteiger partial charge in [-0.3, -0.25) is 9.47 Å². The summed E-state index contributed by atoms with van der Waals surface area (Å²) in [7, 11) is 0. The van der Waals surface area contributed by atoms with E-state index in [1.54, 1.807) is 6.26 Å². The zero-order valence-corrected chi connectivity index (χ0v) is 16.0. The highest BCUT2D eigenvalue weighted by Crippen LogP contribution is 2.20. The Morgan fingerprint density at radius 2 is 1.85 bits per heavy atom. The standard InChI is InChI=1S/C20H23N5OS/c1-2-10-24-19(18-9-6-15-26-18)21-25(20(24)27)16-22-11-13-23(14-12-22)17-7-4-3-5-8-17/h2-9,15H,1,10-14,16H2. The number of anilines is 1. The molecule has 3 heterocycles. The van der Waals surface area contributed by atoms with Gasteiger partial charge in [-0.2, -0.15) is 0 Å². The molecule has 7 heteroatoms. The van der Waals surface area contributed by atoms with Crippen molar-refractivity contribution in [3.63, 3.8) is 0 Å². The molecule has 0 unspecified atom stereocenters. The third kappa shape index (κ3) is 3.74. The van der Waals surface area contributed by atoms with E-state index in [1.165, 1.54) is 5.69 Å². The van der Waals surface area contributed by atoms with E-state index in [4.69, 9.17) is 21.7 Å². The molecule has 0 radical (unpaired) electrons. The van der Waals surface area contributed by atoms with Crippen molar-refractivity contribution < 1.29 is 4.42 Å². The number of hydrogen-bond acceptors (Lipinski definition) is 5. The van der Waals surface area contributed by atoms with Gasteiger partial charge in [-0.1, -0.05) is 24.3 Å². The van der Waals surface area contributed by atoms with Crippen LogP contribution >= 0.6 is 12.2 Å². The maximum Gasteiger partial charge on any atom is 0.199 e. The molecule has 0 atom stereocenters. The minimum Gasteiger partial charge on any atom is -0.461 e. The molecular weight excluding hydrogens is 358 g/mol. The predicted octanol–water partition coefficient (Wildman–Crippen LogP) is 3.64. The Labute approximate surface area is 163 Å². The van der Waals surface area contributed by atoms with Crippen LogP contribution in [0.1, 0.15) is 0 Å². The maximum atomic E-state index is 5.66. The average Bonchev–Trinajstić information content (AvgIpc) is 3.34. The van der Waals surface area contributed by atoms with Gasteiger partial charge < -0.3 is 9.32 Å². The largest absolute Gasteiger partial charge is 0.461 e. The number of furan rings is 1. The first-order valence-electron chi connectivity index (χ1n) is 9.11. The zero-order chi connectivity index (χ0) is 18.6. The first kappa shape index (κ1) is 17.8. The number of para-hydroxylation sites is 1. The molecule has 1 aliphatic heterocycles. The van der Waals surface area contributed by atoms with Crippen LogP contribution in [0.3, 0.4) is 0 Å². The summed E-state index contributed by atoms with van der Waals surface area (Å²) < 4.78 is 10.1. The molecule has 0 spiro atoms. The van der Waals surface area contributed by atoms with E-state index in [0.29, 0.717) is 18.0 Å². The Morgan fingerprint density at radius 1 is 1.07 bits per heavy atom. The van der Waals surface area contributed by atoms with Crippen LogP contribution in [-0.2, 0) is 13.2 Å². The third-order valence-corrected chi connectivity index (χ3v) is 5.23. The molecule has 6 nitrogen and oxygen atoms in total. The van der Waals surface area contributed by atoms with Crippen molar-refractivity contribution in [1.82, 2.24) is 19.2 Å². The van der Waals surface area contributed by atoms with Crippen molar-refractivity contribution in [2.75, 3.05) is 31.1 Å². The van der Waals surface area contributed by atoms with Gasteiger partial charge in [-0.25, -0.2) is 4.68 Å². The molecule has 27 heavy (non-hydrogen) atoms. The highest BCUT2D eigenvalue weighted by molar-refractivity contribution is 7.71. The van der Waals surface area contributed by atoms with Crippen molar-refractivity contribution in [2.45, 2.75) is 13.2 Å². The lowest BCUT2D eigenvalue weighted by Gasteiger charge is -2.35. The van der Waals surface area contributed by atoms with Gasteiger partial charge >= 0.3 is 0 Å². The summed E-state index contributed by atoms with van der Waals surface area (Å²) in [5.74, 6) is 1.46. The Balaban J connectivity index is 1.48. The van der Waals surface area contributed by atoms with Crippen LogP contribution in [0.2, 0.25) is 0 Å². The number of rotatable bonds is 6. The summed E-state index contributed by atoms with van der Waals surface area (Å²) in [6.07, 6.45) is 3.48. The van der Waals surface area contributed by atoms with E-state index in [0.717, 1.165) is 37.8 Å². The summed E-state index contributed by atoms with van der Waals surface area (Å²) in [6, 6.07) is 14.3. The van der Waals surface area contributed by atoms with E-state index in [-0.39, 0.29) is 0 Å². The molecule has 1 aliphatic rings. The molecule has 0 saturated carbocycles. The fourth-order valence-electron chi connectivity index (χ4n) is 3.39. The van der Waals surface area contributed by atoms with Crippen LogP contribution in [0.15, 0.2) is 65.8 Å². The van der Waals surface area contributed by atoms with Crippen LogP contribution in [0.4, 0.5) is 5.69 Å². The molecule has 1 fully saturated rings. The number of hydrogen-bond donors (Lipinski definition) is 0. The second kappa shape index (κ2) is 7.94. The second-order valence-electron chi connectivity index (χ2n) is 6.56.